The zero-order chi connectivity index (χ0) is 11.5. The summed E-state index contributed by atoms with van der Waals surface area (Å²) >= 11 is 1.99. The largest absolute Gasteiger partial charge is 0.307 e. The molecule has 1 aliphatic carbocycles. The highest BCUT2D eigenvalue weighted by Crippen LogP contribution is 2.29. The fourth-order valence-corrected chi connectivity index (χ4v) is 3.77. The van der Waals surface area contributed by atoms with E-state index in [4.69, 9.17) is 0 Å². The van der Waals surface area contributed by atoms with Gasteiger partial charge in [-0.3, -0.25) is 0 Å². The summed E-state index contributed by atoms with van der Waals surface area (Å²) in [5.41, 5.74) is 1.47. The third kappa shape index (κ3) is 2.67. The number of nitrogens with one attached hydrogen (secondary N) is 1. The Morgan fingerprint density at radius 1 is 1.44 bits per heavy atom. The Morgan fingerprint density at radius 3 is 2.69 bits per heavy atom. The lowest BCUT2D eigenvalue weighted by Gasteiger charge is -2.17. The maximum atomic E-state index is 3.77. The van der Waals surface area contributed by atoms with E-state index in [1.54, 1.807) is 4.88 Å². The second-order valence-corrected chi connectivity index (χ2v) is 6.15. The summed E-state index contributed by atoms with van der Waals surface area (Å²) in [5.74, 6) is 0. The third-order valence-corrected chi connectivity index (χ3v) is 5.19. The van der Waals surface area contributed by atoms with Crippen LogP contribution in [0.25, 0.3) is 0 Å². The summed E-state index contributed by atoms with van der Waals surface area (Å²) in [6.45, 7) is 6.79. The van der Waals surface area contributed by atoms with Crippen molar-refractivity contribution in [2.24, 2.45) is 0 Å². The molecule has 1 aliphatic rings. The number of aryl methyl sites for hydroxylation is 2. The van der Waals surface area contributed by atoms with E-state index in [1.165, 1.54) is 42.5 Å². The van der Waals surface area contributed by atoms with Gasteiger partial charge in [0.15, 0.2) is 0 Å². The zero-order valence-corrected chi connectivity index (χ0v) is 11.5. The van der Waals surface area contributed by atoms with Crippen LogP contribution in [-0.4, -0.2) is 6.04 Å². The first kappa shape index (κ1) is 12.1. The summed E-state index contributed by atoms with van der Waals surface area (Å²) < 4.78 is 0. The molecule has 1 unspecified atom stereocenters. The fourth-order valence-electron chi connectivity index (χ4n) is 2.64. The van der Waals surface area contributed by atoms with Gasteiger partial charge in [0, 0.05) is 21.8 Å². The molecule has 1 heterocycles. The molecule has 0 aliphatic heterocycles. The van der Waals surface area contributed by atoms with E-state index in [0.29, 0.717) is 6.04 Å². The molecule has 0 radical (unpaired) electrons. The van der Waals surface area contributed by atoms with Gasteiger partial charge in [0.05, 0.1) is 0 Å². The predicted molar refractivity (Wildman–Crippen MR) is 72.2 cm³/mol. The van der Waals surface area contributed by atoms with Crippen LogP contribution in [0.4, 0.5) is 0 Å². The molecule has 1 saturated carbocycles. The Hall–Kier alpha value is -0.340. The van der Waals surface area contributed by atoms with Crippen LogP contribution < -0.4 is 5.32 Å². The standard InChI is InChI=1S/C14H23NS/c1-4-13-10(2)9-14(16-13)11(3)15-12-7-5-6-8-12/h9,11-12,15H,4-8H2,1-3H3. The number of hydrogen-bond acceptors (Lipinski definition) is 2. The van der Waals surface area contributed by atoms with E-state index in [9.17, 15) is 0 Å². The molecule has 1 fully saturated rings. The molecule has 16 heavy (non-hydrogen) atoms. The molecule has 90 valence electrons. The van der Waals surface area contributed by atoms with E-state index >= 15 is 0 Å². The van der Waals surface area contributed by atoms with Crippen LogP contribution >= 0.6 is 11.3 Å². The molecule has 0 bridgehead atoms. The quantitative estimate of drug-likeness (QED) is 0.827. The lowest BCUT2D eigenvalue weighted by atomic mass is 10.1. The molecular formula is C14H23NS. The maximum absolute atomic E-state index is 3.77. The van der Waals surface area contributed by atoms with Crippen LogP contribution in [0.3, 0.4) is 0 Å². The first-order chi connectivity index (χ1) is 7.70. The van der Waals surface area contributed by atoms with Crippen LogP contribution in [0.1, 0.15) is 60.9 Å². The summed E-state index contributed by atoms with van der Waals surface area (Å²) in [7, 11) is 0. The summed E-state index contributed by atoms with van der Waals surface area (Å²) in [6, 6.07) is 3.67. The molecule has 1 atom stereocenters. The van der Waals surface area contributed by atoms with E-state index in [2.05, 4.69) is 32.2 Å². The van der Waals surface area contributed by atoms with E-state index in [0.717, 1.165) is 6.04 Å². The van der Waals surface area contributed by atoms with Crippen molar-refractivity contribution in [3.63, 3.8) is 0 Å². The van der Waals surface area contributed by atoms with Gasteiger partial charge in [0.25, 0.3) is 0 Å². The van der Waals surface area contributed by atoms with Crippen LogP contribution in [0.15, 0.2) is 6.07 Å². The van der Waals surface area contributed by atoms with Gasteiger partial charge in [-0.2, -0.15) is 0 Å². The van der Waals surface area contributed by atoms with Crippen molar-refractivity contribution in [2.45, 2.75) is 65.0 Å². The van der Waals surface area contributed by atoms with Crippen LogP contribution in [0.5, 0.6) is 0 Å². The molecule has 0 saturated heterocycles. The molecule has 0 aromatic carbocycles. The Balaban J connectivity index is 1.99. The van der Waals surface area contributed by atoms with Crippen molar-refractivity contribution < 1.29 is 0 Å². The highest BCUT2D eigenvalue weighted by atomic mass is 32.1. The SMILES string of the molecule is CCc1sc(C(C)NC2CCCC2)cc1C. The van der Waals surface area contributed by atoms with Crippen molar-refractivity contribution in [3.05, 3.63) is 21.4 Å². The zero-order valence-electron chi connectivity index (χ0n) is 10.7. The molecule has 1 N–H and O–H groups in total. The minimum absolute atomic E-state index is 0.534. The van der Waals surface area contributed by atoms with Gasteiger partial charge < -0.3 is 5.32 Å². The molecule has 2 rings (SSSR count). The number of thiophene rings is 1. The van der Waals surface area contributed by atoms with E-state index in [-0.39, 0.29) is 0 Å². The minimum atomic E-state index is 0.534. The normalized spacial score (nSPS) is 19.2. The summed E-state index contributed by atoms with van der Waals surface area (Å²) in [4.78, 5) is 3.07. The minimum Gasteiger partial charge on any atom is -0.307 e. The molecule has 0 spiro atoms. The molecule has 0 amide bonds. The molecular weight excluding hydrogens is 214 g/mol. The first-order valence-corrected chi connectivity index (χ1v) is 7.37. The van der Waals surface area contributed by atoms with Crippen LogP contribution in [0.2, 0.25) is 0 Å². The predicted octanol–water partition coefficient (Wildman–Crippen LogP) is 4.21. The van der Waals surface area contributed by atoms with Gasteiger partial charge in [-0.05, 0) is 44.7 Å². The lowest BCUT2D eigenvalue weighted by molar-refractivity contribution is 0.465. The smallest absolute Gasteiger partial charge is 0.0388 e. The van der Waals surface area contributed by atoms with Gasteiger partial charge in [-0.15, -0.1) is 11.3 Å². The Kier molecular flexibility index (Phi) is 4.04. The Labute approximate surface area is 103 Å². The fraction of sp³-hybridized carbons (Fsp3) is 0.714. The average molecular weight is 237 g/mol. The second kappa shape index (κ2) is 5.33. The summed E-state index contributed by atoms with van der Waals surface area (Å²) in [5, 5.41) is 3.77. The first-order valence-electron chi connectivity index (χ1n) is 6.56. The highest BCUT2D eigenvalue weighted by Gasteiger charge is 2.18. The van der Waals surface area contributed by atoms with Crippen molar-refractivity contribution >= 4 is 11.3 Å². The van der Waals surface area contributed by atoms with Crippen LogP contribution in [0, 0.1) is 6.92 Å². The molecule has 1 aromatic heterocycles. The van der Waals surface area contributed by atoms with Crippen molar-refractivity contribution in [3.8, 4) is 0 Å². The van der Waals surface area contributed by atoms with Crippen molar-refractivity contribution in [2.75, 3.05) is 0 Å². The number of rotatable bonds is 4. The topological polar surface area (TPSA) is 12.0 Å². The molecule has 1 aromatic rings. The average Bonchev–Trinajstić information content (AvgIpc) is 2.87. The lowest BCUT2D eigenvalue weighted by Crippen LogP contribution is -2.28. The van der Waals surface area contributed by atoms with Gasteiger partial charge in [0.2, 0.25) is 0 Å². The molecule has 1 nitrogen and oxygen atoms in total. The number of hydrogen-bond donors (Lipinski definition) is 1. The van der Waals surface area contributed by atoms with Gasteiger partial charge in [-0.25, -0.2) is 0 Å². The van der Waals surface area contributed by atoms with Gasteiger partial charge in [-0.1, -0.05) is 19.8 Å². The summed E-state index contributed by atoms with van der Waals surface area (Å²) in [6.07, 6.45) is 6.74. The Bertz CT molecular complexity index is 337. The maximum Gasteiger partial charge on any atom is 0.0388 e. The molecule has 2 heteroatoms. The van der Waals surface area contributed by atoms with Gasteiger partial charge in [0.1, 0.15) is 0 Å². The Morgan fingerprint density at radius 2 is 2.12 bits per heavy atom. The van der Waals surface area contributed by atoms with Crippen molar-refractivity contribution in [1.82, 2.24) is 5.32 Å². The van der Waals surface area contributed by atoms with Crippen molar-refractivity contribution in [1.29, 1.82) is 0 Å². The third-order valence-electron chi connectivity index (χ3n) is 3.63. The van der Waals surface area contributed by atoms with E-state index < -0.39 is 0 Å². The van der Waals surface area contributed by atoms with E-state index in [1.807, 2.05) is 11.3 Å². The second-order valence-electron chi connectivity index (χ2n) is 4.98. The highest BCUT2D eigenvalue weighted by molar-refractivity contribution is 7.12. The monoisotopic (exact) mass is 237 g/mol. The van der Waals surface area contributed by atoms with Gasteiger partial charge >= 0.3 is 0 Å². The van der Waals surface area contributed by atoms with Crippen LogP contribution in [-0.2, 0) is 6.42 Å².